The molecule has 1 aromatic rings. The van der Waals surface area contributed by atoms with Crippen molar-refractivity contribution in [1.82, 2.24) is 4.98 Å². The van der Waals surface area contributed by atoms with E-state index in [0.29, 0.717) is 5.56 Å². The Labute approximate surface area is 91.4 Å². The maximum absolute atomic E-state index is 12.0. The second-order valence-corrected chi connectivity index (χ2v) is 3.35. The molecule has 0 amide bonds. The third-order valence-corrected chi connectivity index (χ3v) is 2.29. The zero-order valence-corrected chi connectivity index (χ0v) is 9.20. The van der Waals surface area contributed by atoms with Gasteiger partial charge >= 0.3 is 6.36 Å². The second kappa shape index (κ2) is 4.26. The van der Waals surface area contributed by atoms with Crippen LogP contribution in [0.4, 0.5) is 13.2 Å². The first-order chi connectivity index (χ1) is 6.85. The minimum atomic E-state index is -4.86. The second-order valence-electron chi connectivity index (χ2n) is 2.79. The van der Waals surface area contributed by atoms with E-state index in [4.69, 9.17) is 0 Å². The molecule has 1 heterocycles. The summed E-state index contributed by atoms with van der Waals surface area (Å²) in [4.78, 5) is 13.3. The van der Waals surface area contributed by atoms with Crippen LogP contribution in [0.3, 0.4) is 0 Å². The summed E-state index contributed by atoms with van der Waals surface area (Å²) in [5, 5.41) is 0.119. The summed E-state index contributed by atoms with van der Waals surface area (Å²) in [6.07, 6.45) is -3.53. The SMILES string of the molecule is Cc1c[nH]c(=O)c(OC(F)(F)F)c1CBr. The van der Waals surface area contributed by atoms with Gasteiger partial charge < -0.3 is 9.72 Å². The van der Waals surface area contributed by atoms with Gasteiger partial charge in [-0.25, -0.2) is 0 Å². The molecule has 0 aliphatic heterocycles. The van der Waals surface area contributed by atoms with Gasteiger partial charge in [0, 0.05) is 17.1 Å². The number of hydrogen-bond acceptors (Lipinski definition) is 2. The Morgan fingerprint density at radius 1 is 1.53 bits per heavy atom. The van der Waals surface area contributed by atoms with E-state index in [-0.39, 0.29) is 10.9 Å². The van der Waals surface area contributed by atoms with E-state index in [2.05, 4.69) is 25.7 Å². The van der Waals surface area contributed by atoms with Crippen LogP contribution in [-0.4, -0.2) is 11.3 Å². The zero-order valence-electron chi connectivity index (χ0n) is 7.61. The molecule has 0 radical (unpaired) electrons. The average molecular weight is 286 g/mol. The Morgan fingerprint density at radius 3 is 2.60 bits per heavy atom. The molecule has 0 atom stereocenters. The van der Waals surface area contributed by atoms with Gasteiger partial charge in [0.15, 0.2) is 5.75 Å². The van der Waals surface area contributed by atoms with Crippen molar-refractivity contribution in [1.29, 1.82) is 0 Å². The summed E-state index contributed by atoms with van der Waals surface area (Å²) in [5.74, 6) is -0.709. The van der Waals surface area contributed by atoms with Gasteiger partial charge in [0.25, 0.3) is 5.56 Å². The number of aryl methyl sites for hydroxylation is 1. The number of hydrogen-bond donors (Lipinski definition) is 1. The van der Waals surface area contributed by atoms with Gasteiger partial charge in [-0.2, -0.15) is 0 Å². The first kappa shape index (κ1) is 12.1. The molecule has 0 saturated carbocycles. The standard InChI is InChI=1S/C8H7BrF3NO2/c1-4-3-13-7(14)6(5(4)2-9)15-8(10,11)12/h3H,2H2,1H3,(H,13,14). The number of ether oxygens (including phenoxy) is 1. The molecule has 1 aromatic heterocycles. The summed E-state index contributed by atoms with van der Waals surface area (Å²) in [7, 11) is 0. The summed E-state index contributed by atoms with van der Waals surface area (Å²) >= 11 is 3.00. The number of alkyl halides is 4. The fraction of sp³-hybridized carbons (Fsp3) is 0.375. The van der Waals surface area contributed by atoms with E-state index in [1.165, 1.54) is 6.20 Å². The van der Waals surface area contributed by atoms with Crippen LogP contribution in [-0.2, 0) is 5.33 Å². The van der Waals surface area contributed by atoms with Crippen LogP contribution in [0.2, 0.25) is 0 Å². The number of pyridine rings is 1. The van der Waals surface area contributed by atoms with Crippen molar-refractivity contribution in [2.45, 2.75) is 18.6 Å². The molecule has 1 N–H and O–H groups in total. The molecule has 15 heavy (non-hydrogen) atoms. The van der Waals surface area contributed by atoms with Gasteiger partial charge in [0.2, 0.25) is 0 Å². The van der Waals surface area contributed by atoms with Gasteiger partial charge in [0.05, 0.1) is 0 Å². The Balaban J connectivity index is 3.26. The molecule has 0 saturated heterocycles. The first-order valence-electron chi connectivity index (χ1n) is 3.88. The summed E-state index contributed by atoms with van der Waals surface area (Å²) < 4.78 is 39.6. The lowest BCUT2D eigenvalue weighted by Gasteiger charge is -2.12. The number of rotatable bonds is 2. The van der Waals surface area contributed by atoms with E-state index in [1.807, 2.05) is 0 Å². The smallest absolute Gasteiger partial charge is 0.400 e. The molecule has 84 valence electrons. The number of nitrogens with one attached hydrogen (secondary N) is 1. The van der Waals surface area contributed by atoms with Crippen molar-refractivity contribution in [2.24, 2.45) is 0 Å². The van der Waals surface area contributed by atoms with Crippen LogP contribution in [0.15, 0.2) is 11.0 Å². The molecule has 0 bridgehead atoms. The lowest BCUT2D eigenvalue weighted by molar-refractivity contribution is -0.275. The molecule has 1 rings (SSSR count). The number of H-pyrrole nitrogens is 1. The molecule has 0 spiro atoms. The highest BCUT2D eigenvalue weighted by atomic mass is 79.9. The van der Waals surface area contributed by atoms with Crippen molar-refractivity contribution in [3.8, 4) is 5.75 Å². The molecule has 0 aromatic carbocycles. The number of halogens is 4. The largest absolute Gasteiger partial charge is 0.573 e. The van der Waals surface area contributed by atoms with E-state index in [0.717, 1.165) is 0 Å². The predicted molar refractivity (Wildman–Crippen MR) is 51.1 cm³/mol. The minimum Gasteiger partial charge on any atom is -0.400 e. The zero-order chi connectivity index (χ0) is 11.6. The maximum Gasteiger partial charge on any atom is 0.573 e. The Bertz CT molecular complexity index is 413. The molecular formula is C8H7BrF3NO2. The van der Waals surface area contributed by atoms with E-state index >= 15 is 0 Å². The van der Waals surface area contributed by atoms with Gasteiger partial charge in [-0.15, -0.1) is 13.2 Å². The van der Waals surface area contributed by atoms with Gasteiger partial charge in [0.1, 0.15) is 0 Å². The third-order valence-electron chi connectivity index (χ3n) is 1.73. The van der Waals surface area contributed by atoms with E-state index in [9.17, 15) is 18.0 Å². The van der Waals surface area contributed by atoms with E-state index < -0.39 is 17.7 Å². The summed E-state index contributed by atoms with van der Waals surface area (Å²) in [6.45, 7) is 1.58. The van der Waals surface area contributed by atoms with Crippen molar-refractivity contribution in [2.75, 3.05) is 0 Å². The quantitative estimate of drug-likeness (QED) is 0.849. The summed E-state index contributed by atoms with van der Waals surface area (Å²) in [5.41, 5.74) is -0.186. The average Bonchev–Trinajstić information content (AvgIpc) is 2.10. The Morgan fingerprint density at radius 2 is 2.13 bits per heavy atom. The molecule has 0 fully saturated rings. The highest BCUT2D eigenvalue weighted by Gasteiger charge is 2.33. The fourth-order valence-electron chi connectivity index (χ4n) is 1.03. The number of aromatic nitrogens is 1. The molecule has 3 nitrogen and oxygen atoms in total. The fourth-order valence-corrected chi connectivity index (χ4v) is 1.73. The first-order valence-corrected chi connectivity index (χ1v) is 5.00. The van der Waals surface area contributed by atoms with Gasteiger partial charge in [-0.1, -0.05) is 15.9 Å². The van der Waals surface area contributed by atoms with Crippen molar-refractivity contribution >= 4 is 15.9 Å². The van der Waals surface area contributed by atoms with Crippen LogP contribution in [0.1, 0.15) is 11.1 Å². The lowest BCUT2D eigenvalue weighted by atomic mass is 10.2. The molecule has 0 aliphatic carbocycles. The van der Waals surface area contributed by atoms with Crippen LogP contribution < -0.4 is 10.3 Å². The topological polar surface area (TPSA) is 42.1 Å². The molecule has 7 heteroatoms. The highest BCUT2D eigenvalue weighted by Crippen LogP contribution is 2.26. The summed E-state index contributed by atoms with van der Waals surface area (Å²) in [6, 6.07) is 0. The van der Waals surface area contributed by atoms with Crippen LogP contribution in [0, 0.1) is 6.92 Å². The molecule has 0 unspecified atom stereocenters. The highest BCUT2D eigenvalue weighted by molar-refractivity contribution is 9.08. The third kappa shape index (κ3) is 2.98. The minimum absolute atomic E-state index is 0.119. The van der Waals surface area contributed by atoms with Crippen LogP contribution >= 0.6 is 15.9 Å². The maximum atomic E-state index is 12.0. The normalized spacial score (nSPS) is 11.5. The van der Waals surface area contributed by atoms with Crippen LogP contribution in [0.25, 0.3) is 0 Å². The Kier molecular flexibility index (Phi) is 3.43. The van der Waals surface area contributed by atoms with Crippen molar-refractivity contribution < 1.29 is 17.9 Å². The Hall–Kier alpha value is -0.980. The van der Waals surface area contributed by atoms with E-state index in [1.54, 1.807) is 6.92 Å². The monoisotopic (exact) mass is 285 g/mol. The predicted octanol–water partition coefficient (Wildman–Crippen LogP) is 2.48. The molecular weight excluding hydrogens is 279 g/mol. The molecule has 0 aliphatic rings. The number of aromatic amines is 1. The van der Waals surface area contributed by atoms with Crippen molar-refractivity contribution in [3.05, 3.63) is 27.7 Å². The van der Waals surface area contributed by atoms with Crippen molar-refractivity contribution in [3.63, 3.8) is 0 Å². The van der Waals surface area contributed by atoms with Gasteiger partial charge in [-0.3, -0.25) is 4.79 Å². The lowest BCUT2D eigenvalue weighted by Crippen LogP contribution is -2.24. The van der Waals surface area contributed by atoms with Gasteiger partial charge in [-0.05, 0) is 12.5 Å². The van der Waals surface area contributed by atoms with Crippen LogP contribution in [0.5, 0.6) is 5.75 Å².